The Kier molecular flexibility index (Phi) is 8.06. The third-order valence-corrected chi connectivity index (χ3v) is 4.70. The van der Waals surface area contributed by atoms with Crippen LogP contribution >= 0.6 is 0 Å². The van der Waals surface area contributed by atoms with Crippen molar-refractivity contribution < 1.29 is 37.3 Å². The first-order chi connectivity index (χ1) is 15.9. The lowest BCUT2D eigenvalue weighted by Crippen LogP contribution is -2.36. The normalized spacial score (nSPS) is 12.5. The Morgan fingerprint density at radius 1 is 1.18 bits per heavy atom. The second kappa shape index (κ2) is 11.2. The van der Waals surface area contributed by atoms with Crippen molar-refractivity contribution in [1.82, 2.24) is 4.90 Å². The lowest BCUT2D eigenvalue weighted by Gasteiger charge is -2.20. The third-order valence-electron chi connectivity index (χ3n) is 4.70. The van der Waals surface area contributed by atoms with Crippen LogP contribution in [0.1, 0.15) is 12.5 Å². The van der Waals surface area contributed by atoms with E-state index in [1.165, 1.54) is 36.3 Å². The average Bonchev–Trinajstić information content (AvgIpc) is 2.81. The maximum Gasteiger partial charge on any atom is 0.387 e. The van der Waals surface area contributed by atoms with Crippen LogP contribution in [0.3, 0.4) is 0 Å². The monoisotopic (exact) mass is 462 g/mol. The number of nitrogens with one attached hydrogen (secondary N) is 1. The van der Waals surface area contributed by atoms with E-state index >= 15 is 0 Å². The molecule has 0 radical (unpaired) electrons. The highest BCUT2D eigenvalue weighted by Gasteiger charge is 2.17. The number of benzene rings is 2. The first-order valence-corrected chi connectivity index (χ1v) is 10.2. The van der Waals surface area contributed by atoms with Gasteiger partial charge in [0.2, 0.25) is 11.8 Å². The number of carbonyl (C=O) groups is 2. The van der Waals surface area contributed by atoms with E-state index in [2.05, 4.69) is 10.1 Å². The molecule has 0 aromatic heterocycles. The first-order valence-electron chi connectivity index (χ1n) is 10.2. The maximum absolute atomic E-state index is 12.8. The number of ether oxygens (including phenoxy) is 4. The van der Waals surface area contributed by atoms with Crippen LogP contribution in [0, 0.1) is 0 Å². The largest absolute Gasteiger partial charge is 0.493 e. The minimum Gasteiger partial charge on any atom is -0.493 e. The number of fused-ring (bicyclic) bond motifs is 1. The van der Waals surface area contributed by atoms with Crippen molar-refractivity contribution in [3.8, 4) is 23.0 Å². The number of anilines is 1. The third kappa shape index (κ3) is 6.34. The standard InChI is InChI=1S/C23H24F2N2O6/c1-3-27(14-20(28)26-16-8-9-17-19(13-16)32-12-11-31-17)21(29)10-7-15-5-4-6-18(30-2)22(15)33-23(24)25/h4-10,13,23H,3,11-12,14H2,1-2H3,(H,26,28)/b10-7+. The van der Waals surface area contributed by atoms with Gasteiger partial charge >= 0.3 is 6.61 Å². The number of rotatable bonds is 9. The summed E-state index contributed by atoms with van der Waals surface area (Å²) in [7, 11) is 1.32. The van der Waals surface area contributed by atoms with E-state index in [1.54, 1.807) is 31.2 Å². The molecule has 1 heterocycles. The first kappa shape index (κ1) is 23.8. The van der Waals surface area contributed by atoms with Crippen molar-refractivity contribution in [3.63, 3.8) is 0 Å². The van der Waals surface area contributed by atoms with Gasteiger partial charge in [0, 0.05) is 29.9 Å². The number of amides is 2. The number of alkyl halides is 2. The van der Waals surface area contributed by atoms with Crippen molar-refractivity contribution in [3.05, 3.63) is 48.0 Å². The SMILES string of the molecule is CCN(CC(=O)Nc1ccc2c(c1)OCCO2)C(=O)/C=C/c1cccc(OC)c1OC(F)F. The van der Waals surface area contributed by atoms with E-state index in [4.69, 9.17) is 14.2 Å². The quantitative estimate of drug-likeness (QED) is 0.574. The van der Waals surface area contributed by atoms with Gasteiger partial charge in [0.1, 0.15) is 19.8 Å². The zero-order chi connectivity index (χ0) is 23.8. The Bertz CT molecular complexity index is 1030. The molecule has 8 nitrogen and oxygen atoms in total. The zero-order valence-corrected chi connectivity index (χ0v) is 18.2. The molecule has 0 atom stereocenters. The molecule has 2 aromatic carbocycles. The molecule has 0 unspecified atom stereocenters. The molecule has 3 rings (SSSR count). The van der Waals surface area contributed by atoms with E-state index in [1.807, 2.05) is 0 Å². The molecule has 0 saturated heterocycles. The van der Waals surface area contributed by atoms with Gasteiger partial charge in [-0.3, -0.25) is 9.59 Å². The van der Waals surface area contributed by atoms with Gasteiger partial charge in [-0.25, -0.2) is 0 Å². The number of hydrogen-bond acceptors (Lipinski definition) is 6. The van der Waals surface area contributed by atoms with Gasteiger partial charge < -0.3 is 29.2 Å². The molecular formula is C23H24F2N2O6. The van der Waals surface area contributed by atoms with Gasteiger partial charge in [-0.05, 0) is 31.2 Å². The molecule has 1 N–H and O–H groups in total. The highest BCUT2D eigenvalue weighted by atomic mass is 19.3. The molecule has 0 saturated carbocycles. The van der Waals surface area contributed by atoms with Crippen LogP contribution in [0.4, 0.5) is 14.5 Å². The number of likely N-dealkylation sites (N-methyl/N-ethyl adjacent to an activating group) is 1. The second-order valence-electron chi connectivity index (χ2n) is 6.85. The Hall–Kier alpha value is -3.82. The fourth-order valence-corrected chi connectivity index (χ4v) is 3.15. The smallest absolute Gasteiger partial charge is 0.387 e. The Morgan fingerprint density at radius 2 is 1.94 bits per heavy atom. The van der Waals surface area contributed by atoms with Crippen molar-refractivity contribution in [2.24, 2.45) is 0 Å². The van der Waals surface area contributed by atoms with Gasteiger partial charge in [-0.2, -0.15) is 8.78 Å². The van der Waals surface area contributed by atoms with Crippen LogP contribution in [0.25, 0.3) is 6.08 Å². The molecular weight excluding hydrogens is 438 g/mol. The Balaban J connectivity index is 1.65. The average molecular weight is 462 g/mol. The molecule has 2 amide bonds. The predicted octanol–water partition coefficient (Wildman–Crippen LogP) is 3.57. The molecule has 0 bridgehead atoms. The van der Waals surface area contributed by atoms with Crippen molar-refractivity contribution >= 4 is 23.6 Å². The van der Waals surface area contributed by atoms with Crippen LogP contribution in [-0.4, -0.2) is 56.7 Å². The molecule has 1 aliphatic rings. The highest BCUT2D eigenvalue weighted by molar-refractivity contribution is 5.98. The van der Waals surface area contributed by atoms with E-state index < -0.39 is 18.4 Å². The number of para-hydroxylation sites is 1. The summed E-state index contributed by atoms with van der Waals surface area (Å²) in [5, 5.41) is 2.72. The summed E-state index contributed by atoms with van der Waals surface area (Å²) in [6.07, 6.45) is 2.53. The summed E-state index contributed by atoms with van der Waals surface area (Å²) in [5.41, 5.74) is 0.744. The number of halogens is 2. The number of methoxy groups -OCH3 is 1. The van der Waals surface area contributed by atoms with E-state index in [-0.39, 0.29) is 30.2 Å². The molecule has 33 heavy (non-hydrogen) atoms. The lowest BCUT2D eigenvalue weighted by atomic mass is 10.1. The summed E-state index contributed by atoms with van der Waals surface area (Å²) < 4.78 is 46.1. The molecule has 0 aliphatic carbocycles. The van der Waals surface area contributed by atoms with Crippen LogP contribution in [-0.2, 0) is 9.59 Å². The van der Waals surface area contributed by atoms with Crippen LogP contribution in [0.5, 0.6) is 23.0 Å². The van der Waals surface area contributed by atoms with Gasteiger partial charge in [0.15, 0.2) is 23.0 Å². The second-order valence-corrected chi connectivity index (χ2v) is 6.85. The lowest BCUT2D eigenvalue weighted by molar-refractivity contribution is -0.130. The van der Waals surface area contributed by atoms with E-state index in [0.717, 1.165) is 0 Å². The van der Waals surface area contributed by atoms with Crippen molar-refractivity contribution in [1.29, 1.82) is 0 Å². The molecule has 0 spiro atoms. The van der Waals surface area contributed by atoms with Gasteiger partial charge in [0.05, 0.1) is 7.11 Å². The van der Waals surface area contributed by atoms with Crippen LogP contribution < -0.4 is 24.3 Å². The van der Waals surface area contributed by atoms with Crippen LogP contribution in [0.2, 0.25) is 0 Å². The Morgan fingerprint density at radius 3 is 2.64 bits per heavy atom. The topological polar surface area (TPSA) is 86.3 Å². The van der Waals surface area contributed by atoms with E-state index in [0.29, 0.717) is 30.4 Å². The summed E-state index contributed by atoms with van der Waals surface area (Å²) in [6, 6.07) is 9.59. The molecule has 2 aromatic rings. The van der Waals surface area contributed by atoms with Gasteiger partial charge in [-0.15, -0.1) is 0 Å². The van der Waals surface area contributed by atoms with E-state index in [9.17, 15) is 18.4 Å². The molecule has 10 heteroatoms. The van der Waals surface area contributed by atoms with Crippen molar-refractivity contribution in [2.45, 2.75) is 13.5 Å². The predicted molar refractivity (Wildman–Crippen MR) is 117 cm³/mol. The fourth-order valence-electron chi connectivity index (χ4n) is 3.15. The molecule has 176 valence electrons. The van der Waals surface area contributed by atoms with Crippen molar-refractivity contribution in [2.75, 3.05) is 38.7 Å². The van der Waals surface area contributed by atoms with Crippen LogP contribution in [0.15, 0.2) is 42.5 Å². The molecule has 1 aliphatic heterocycles. The highest BCUT2D eigenvalue weighted by Crippen LogP contribution is 2.34. The minimum atomic E-state index is -3.06. The zero-order valence-electron chi connectivity index (χ0n) is 18.2. The summed E-state index contributed by atoms with van der Waals surface area (Å²) >= 11 is 0. The summed E-state index contributed by atoms with van der Waals surface area (Å²) in [4.78, 5) is 26.4. The van der Waals surface area contributed by atoms with Gasteiger partial charge in [-0.1, -0.05) is 12.1 Å². The minimum absolute atomic E-state index is 0.107. The Labute approximate surface area is 189 Å². The molecule has 0 fully saturated rings. The maximum atomic E-state index is 12.8. The fraction of sp³-hybridized carbons (Fsp3) is 0.304. The summed E-state index contributed by atoms with van der Waals surface area (Å²) in [6.45, 7) is -0.388. The van der Waals surface area contributed by atoms with Gasteiger partial charge in [0.25, 0.3) is 0 Å². The summed E-state index contributed by atoms with van der Waals surface area (Å²) in [5.74, 6) is 0.182. The number of hydrogen-bond donors (Lipinski definition) is 1. The number of carbonyl (C=O) groups excluding carboxylic acids is 2. The number of nitrogens with zero attached hydrogens (tertiary/aromatic N) is 1.